The predicted molar refractivity (Wildman–Crippen MR) is 94.1 cm³/mol. The van der Waals surface area contributed by atoms with Gasteiger partial charge in [0.25, 0.3) is 11.5 Å². The Morgan fingerprint density at radius 1 is 1.27 bits per heavy atom. The summed E-state index contributed by atoms with van der Waals surface area (Å²) < 4.78 is 38.8. The molecule has 2 atom stereocenters. The summed E-state index contributed by atoms with van der Waals surface area (Å²) in [5, 5.41) is 3.35. The lowest BCUT2D eigenvalue weighted by atomic mass is 9.86. The van der Waals surface area contributed by atoms with Gasteiger partial charge in [0, 0.05) is 18.3 Å². The van der Waals surface area contributed by atoms with Crippen LogP contribution in [0.5, 0.6) is 0 Å². The van der Waals surface area contributed by atoms with Crippen LogP contribution in [0.3, 0.4) is 0 Å². The normalized spacial score (nSPS) is 20.3. The van der Waals surface area contributed by atoms with Crippen LogP contribution in [-0.2, 0) is 17.5 Å². The minimum Gasteiger partial charge on any atom is -0.358 e. The number of rotatable bonds is 3. The smallest absolute Gasteiger partial charge is 0.358 e. The second-order valence-electron chi connectivity index (χ2n) is 6.40. The van der Waals surface area contributed by atoms with E-state index in [2.05, 4.69) is 23.1 Å². The molecule has 1 saturated carbocycles. The summed E-state index contributed by atoms with van der Waals surface area (Å²) in [5.74, 6) is -0.227. The standard InChI is InChI=1S/C16H21F3N4O2S/c1-10-4-2-3-5-12(10)20-15(26)22-21-13(24)9-23-8-11(16(17,18)19)6-7-14(23)25/h6-8,10,12H,2-5,9H2,1H3,(H,21,24)(H2,20,22,26). The highest BCUT2D eigenvalue weighted by atomic mass is 32.1. The summed E-state index contributed by atoms with van der Waals surface area (Å²) in [7, 11) is 0. The molecule has 1 heterocycles. The summed E-state index contributed by atoms with van der Waals surface area (Å²) in [6.07, 6.45) is 0.396. The van der Waals surface area contributed by atoms with Crippen molar-refractivity contribution in [3.05, 3.63) is 34.2 Å². The summed E-state index contributed by atoms with van der Waals surface area (Å²) in [5.41, 5.74) is 3.10. The Labute approximate surface area is 154 Å². The maximum Gasteiger partial charge on any atom is 0.417 e. The molecule has 1 aromatic rings. The molecule has 2 unspecified atom stereocenters. The van der Waals surface area contributed by atoms with Crippen molar-refractivity contribution in [1.82, 2.24) is 20.7 Å². The monoisotopic (exact) mass is 390 g/mol. The van der Waals surface area contributed by atoms with Gasteiger partial charge in [-0.3, -0.25) is 20.4 Å². The third-order valence-electron chi connectivity index (χ3n) is 4.37. The van der Waals surface area contributed by atoms with E-state index in [9.17, 15) is 22.8 Å². The number of pyridine rings is 1. The second kappa shape index (κ2) is 8.52. The zero-order chi connectivity index (χ0) is 19.3. The van der Waals surface area contributed by atoms with E-state index in [1.807, 2.05) is 0 Å². The number of nitrogens with one attached hydrogen (secondary N) is 3. The van der Waals surface area contributed by atoms with E-state index in [0.717, 1.165) is 25.3 Å². The minimum absolute atomic E-state index is 0.215. The Balaban J connectivity index is 1.87. The van der Waals surface area contributed by atoms with Crippen LogP contribution in [0, 0.1) is 5.92 Å². The van der Waals surface area contributed by atoms with E-state index in [1.165, 1.54) is 6.42 Å². The van der Waals surface area contributed by atoms with E-state index in [0.29, 0.717) is 22.7 Å². The lowest BCUT2D eigenvalue weighted by Crippen LogP contribution is -2.52. The molecule has 0 spiro atoms. The minimum atomic E-state index is -4.59. The average molecular weight is 390 g/mol. The number of alkyl halides is 3. The van der Waals surface area contributed by atoms with Crippen molar-refractivity contribution >= 4 is 23.2 Å². The van der Waals surface area contributed by atoms with Gasteiger partial charge in [0.05, 0.1) is 5.56 Å². The van der Waals surface area contributed by atoms with Crippen molar-refractivity contribution in [3.63, 3.8) is 0 Å². The molecule has 6 nitrogen and oxygen atoms in total. The molecule has 0 radical (unpaired) electrons. The molecule has 10 heteroatoms. The highest BCUT2D eigenvalue weighted by Crippen LogP contribution is 2.28. The van der Waals surface area contributed by atoms with Gasteiger partial charge in [0.2, 0.25) is 0 Å². The Hall–Kier alpha value is -2.10. The summed E-state index contributed by atoms with van der Waals surface area (Å²) >= 11 is 5.11. The van der Waals surface area contributed by atoms with Crippen LogP contribution in [0.4, 0.5) is 13.2 Å². The predicted octanol–water partition coefficient (Wildman–Crippen LogP) is 1.94. The highest BCUT2D eigenvalue weighted by Gasteiger charge is 2.31. The van der Waals surface area contributed by atoms with Crippen LogP contribution in [0.15, 0.2) is 23.1 Å². The Morgan fingerprint density at radius 3 is 2.62 bits per heavy atom. The van der Waals surface area contributed by atoms with Crippen LogP contribution in [0.1, 0.15) is 38.2 Å². The third-order valence-corrected chi connectivity index (χ3v) is 4.59. The van der Waals surface area contributed by atoms with Crippen molar-refractivity contribution in [2.75, 3.05) is 0 Å². The largest absolute Gasteiger partial charge is 0.417 e. The van der Waals surface area contributed by atoms with E-state index in [1.54, 1.807) is 0 Å². The third kappa shape index (κ3) is 5.72. The topological polar surface area (TPSA) is 75.2 Å². The summed E-state index contributed by atoms with van der Waals surface area (Å²) in [6.45, 7) is 1.57. The number of carbonyl (C=O) groups excluding carboxylic acids is 1. The lowest BCUT2D eigenvalue weighted by Gasteiger charge is -2.30. The molecule has 1 aliphatic rings. The van der Waals surface area contributed by atoms with Crippen molar-refractivity contribution in [2.45, 2.75) is 51.4 Å². The number of aromatic nitrogens is 1. The number of halogens is 3. The molecular weight excluding hydrogens is 369 g/mol. The van der Waals surface area contributed by atoms with Crippen LogP contribution in [0.2, 0.25) is 0 Å². The van der Waals surface area contributed by atoms with Crippen molar-refractivity contribution in [3.8, 4) is 0 Å². The van der Waals surface area contributed by atoms with Crippen molar-refractivity contribution < 1.29 is 18.0 Å². The zero-order valence-electron chi connectivity index (χ0n) is 14.2. The van der Waals surface area contributed by atoms with Gasteiger partial charge in [-0.15, -0.1) is 0 Å². The number of amides is 1. The second-order valence-corrected chi connectivity index (χ2v) is 6.80. The van der Waals surface area contributed by atoms with Crippen LogP contribution in [-0.4, -0.2) is 21.6 Å². The fourth-order valence-electron chi connectivity index (χ4n) is 2.88. The van der Waals surface area contributed by atoms with E-state index >= 15 is 0 Å². The van der Waals surface area contributed by atoms with Gasteiger partial charge in [-0.25, -0.2) is 0 Å². The van der Waals surface area contributed by atoms with Crippen molar-refractivity contribution in [1.29, 1.82) is 0 Å². The van der Waals surface area contributed by atoms with Gasteiger partial charge in [-0.1, -0.05) is 19.8 Å². The van der Waals surface area contributed by atoms with Crippen LogP contribution < -0.4 is 21.7 Å². The van der Waals surface area contributed by atoms with Crippen LogP contribution >= 0.6 is 12.2 Å². The number of hydrogen-bond donors (Lipinski definition) is 3. The first-order valence-corrected chi connectivity index (χ1v) is 8.70. The molecule has 1 aromatic heterocycles. The van der Waals surface area contributed by atoms with Gasteiger partial charge in [-0.2, -0.15) is 13.2 Å². The number of carbonyl (C=O) groups is 1. The molecule has 1 aliphatic carbocycles. The first-order valence-electron chi connectivity index (χ1n) is 8.30. The molecule has 1 fully saturated rings. The molecule has 2 rings (SSSR count). The molecule has 0 aliphatic heterocycles. The number of hydrazine groups is 1. The molecular formula is C16H21F3N4O2S. The molecule has 144 valence electrons. The van der Waals surface area contributed by atoms with E-state index in [-0.39, 0.29) is 11.2 Å². The molecule has 0 aromatic carbocycles. The SMILES string of the molecule is CC1CCCCC1NC(=S)NNC(=O)Cn1cc(C(F)(F)F)ccc1=O. The van der Waals surface area contributed by atoms with Gasteiger partial charge < -0.3 is 9.88 Å². The van der Waals surface area contributed by atoms with E-state index < -0.39 is 29.8 Å². The molecule has 0 bridgehead atoms. The quantitative estimate of drug-likeness (QED) is 0.543. The first-order chi connectivity index (χ1) is 12.2. The fourth-order valence-corrected chi connectivity index (χ4v) is 3.08. The van der Waals surface area contributed by atoms with Crippen LogP contribution in [0.25, 0.3) is 0 Å². The fraction of sp³-hybridized carbons (Fsp3) is 0.562. The van der Waals surface area contributed by atoms with Gasteiger partial charge >= 0.3 is 6.18 Å². The Kier molecular flexibility index (Phi) is 6.63. The van der Waals surface area contributed by atoms with Gasteiger partial charge in [0.1, 0.15) is 6.54 Å². The number of thiocarbonyl (C=S) groups is 1. The first kappa shape index (κ1) is 20.2. The number of nitrogens with zero attached hydrogens (tertiary/aromatic N) is 1. The zero-order valence-corrected chi connectivity index (χ0v) is 15.0. The maximum absolute atomic E-state index is 12.7. The Bertz CT molecular complexity index is 720. The molecule has 26 heavy (non-hydrogen) atoms. The average Bonchev–Trinajstić information content (AvgIpc) is 2.56. The Morgan fingerprint density at radius 2 is 1.96 bits per heavy atom. The summed E-state index contributed by atoms with van der Waals surface area (Å²) in [4.78, 5) is 23.5. The van der Waals surface area contributed by atoms with Crippen molar-refractivity contribution in [2.24, 2.45) is 5.92 Å². The highest BCUT2D eigenvalue weighted by molar-refractivity contribution is 7.80. The number of hydrogen-bond acceptors (Lipinski definition) is 3. The van der Waals surface area contributed by atoms with E-state index in [4.69, 9.17) is 12.2 Å². The summed E-state index contributed by atoms with van der Waals surface area (Å²) in [6, 6.07) is 1.67. The molecule has 0 saturated heterocycles. The maximum atomic E-state index is 12.7. The molecule has 1 amide bonds. The van der Waals surface area contributed by atoms with Gasteiger partial charge in [0.15, 0.2) is 5.11 Å². The molecule has 3 N–H and O–H groups in total. The van der Waals surface area contributed by atoms with Gasteiger partial charge in [-0.05, 0) is 37.0 Å². The lowest BCUT2D eigenvalue weighted by molar-refractivity contribution is -0.138.